The number of carbonyl (C=O) groups excluding carboxylic acids is 1. The zero-order valence-corrected chi connectivity index (χ0v) is 27.0. The van der Waals surface area contributed by atoms with Crippen molar-refractivity contribution in [1.29, 1.82) is 0 Å². The number of hydrogen-bond donors (Lipinski definition) is 0. The minimum Gasteiger partial charge on any atom is -0.497 e. The summed E-state index contributed by atoms with van der Waals surface area (Å²) in [4.78, 5) is 14.8. The Morgan fingerprint density at radius 1 is 0.978 bits per heavy atom. The molecule has 0 bridgehead atoms. The summed E-state index contributed by atoms with van der Waals surface area (Å²) in [5, 5.41) is 8.20. The monoisotopic (exact) mass is 658 g/mol. The van der Waals surface area contributed by atoms with Gasteiger partial charge in [-0.25, -0.2) is 17.1 Å². The molecule has 0 N–H and O–H groups in total. The van der Waals surface area contributed by atoms with Gasteiger partial charge in [-0.05, 0) is 76.7 Å². The van der Waals surface area contributed by atoms with Crippen LogP contribution in [0, 0.1) is 5.82 Å². The highest BCUT2D eigenvalue weighted by Crippen LogP contribution is 2.42. The molecule has 9 nitrogen and oxygen atoms in total. The van der Waals surface area contributed by atoms with Gasteiger partial charge in [-0.3, -0.25) is 4.79 Å². The number of aromatic nitrogens is 2. The minimum atomic E-state index is -4.06. The van der Waals surface area contributed by atoms with E-state index in [2.05, 4.69) is 10.2 Å². The molecule has 0 saturated heterocycles. The first kappa shape index (κ1) is 31.2. The van der Waals surface area contributed by atoms with Gasteiger partial charge in [-0.15, -0.1) is 10.2 Å². The average molecular weight is 659 g/mol. The van der Waals surface area contributed by atoms with Gasteiger partial charge in [0.1, 0.15) is 22.8 Å². The summed E-state index contributed by atoms with van der Waals surface area (Å²) in [6.07, 6.45) is 0.468. The van der Waals surface area contributed by atoms with Crippen LogP contribution in [0.25, 0.3) is 11.1 Å². The number of sulfonamides is 1. The van der Waals surface area contributed by atoms with E-state index in [1.807, 2.05) is 36.4 Å². The van der Waals surface area contributed by atoms with Crippen molar-refractivity contribution in [3.8, 4) is 22.6 Å². The Labute approximate surface area is 270 Å². The van der Waals surface area contributed by atoms with Crippen LogP contribution in [0.5, 0.6) is 11.5 Å². The molecule has 6 rings (SSSR count). The number of amides is 1. The van der Waals surface area contributed by atoms with Crippen LogP contribution in [-0.2, 0) is 27.8 Å². The highest BCUT2D eigenvalue weighted by Gasteiger charge is 2.35. The van der Waals surface area contributed by atoms with E-state index < -0.39 is 16.1 Å². The quantitative estimate of drug-likeness (QED) is 0.185. The molecule has 236 valence electrons. The molecule has 12 heteroatoms. The SMILES string of the molecule is COc1ccc(CN(c2nncs2)S(=O)(=O)c2ccc3c(c2)CCN(C(C)=O)C3c2ccc(-c3cccc(F)c3)cc2OC)cc1. The van der Waals surface area contributed by atoms with Crippen LogP contribution in [0.3, 0.4) is 0 Å². The van der Waals surface area contributed by atoms with Crippen LogP contribution in [0.1, 0.15) is 35.2 Å². The standard InChI is InChI=1S/C34H31FN4O5S2/c1-22(40)38-16-15-26-18-29(46(41,42)39(34-37-36-21-45-34)20-23-7-10-28(43-2)11-8-23)12-14-30(26)33(38)31-13-9-25(19-32(31)44-3)24-5-4-6-27(35)17-24/h4-14,17-19,21,33H,15-16,20H2,1-3H3. The van der Waals surface area contributed by atoms with E-state index >= 15 is 0 Å². The maximum atomic E-state index is 14.2. The van der Waals surface area contributed by atoms with Crippen molar-refractivity contribution in [3.63, 3.8) is 0 Å². The Morgan fingerprint density at radius 2 is 1.74 bits per heavy atom. The Balaban J connectivity index is 1.39. The van der Waals surface area contributed by atoms with E-state index in [1.54, 1.807) is 55.5 Å². The van der Waals surface area contributed by atoms with Crippen LogP contribution in [0.15, 0.2) is 95.3 Å². The summed E-state index contributed by atoms with van der Waals surface area (Å²) in [5.41, 5.74) is 6.05. The normalized spacial score (nSPS) is 14.4. The van der Waals surface area contributed by atoms with Crippen molar-refractivity contribution >= 4 is 32.4 Å². The molecule has 2 heterocycles. The summed E-state index contributed by atoms with van der Waals surface area (Å²) < 4.78 is 54.7. The molecular weight excluding hydrogens is 628 g/mol. The molecule has 1 aliphatic heterocycles. The van der Waals surface area contributed by atoms with E-state index in [0.29, 0.717) is 30.0 Å². The largest absolute Gasteiger partial charge is 0.497 e. The maximum Gasteiger partial charge on any atom is 0.266 e. The van der Waals surface area contributed by atoms with Gasteiger partial charge in [0.25, 0.3) is 10.0 Å². The third-order valence-corrected chi connectivity index (χ3v) is 10.6. The lowest BCUT2D eigenvalue weighted by molar-refractivity contribution is -0.130. The first-order valence-corrected chi connectivity index (χ1v) is 16.8. The van der Waals surface area contributed by atoms with Crippen molar-refractivity contribution in [3.05, 3.63) is 119 Å². The molecule has 0 aliphatic carbocycles. The number of benzene rings is 4. The van der Waals surface area contributed by atoms with Gasteiger partial charge >= 0.3 is 0 Å². The maximum absolute atomic E-state index is 14.2. The van der Waals surface area contributed by atoms with E-state index in [9.17, 15) is 17.6 Å². The number of rotatable bonds is 9. The third kappa shape index (κ3) is 6.05. The van der Waals surface area contributed by atoms with Gasteiger partial charge in [0, 0.05) is 19.0 Å². The molecule has 0 saturated carbocycles. The predicted octanol–water partition coefficient (Wildman–Crippen LogP) is 6.25. The van der Waals surface area contributed by atoms with E-state index in [0.717, 1.165) is 39.2 Å². The number of halogens is 1. The second kappa shape index (κ2) is 12.9. The average Bonchev–Trinajstić information content (AvgIpc) is 3.61. The summed E-state index contributed by atoms with van der Waals surface area (Å²) in [6.45, 7) is 1.95. The molecule has 1 aromatic heterocycles. The smallest absolute Gasteiger partial charge is 0.266 e. The molecule has 1 amide bonds. The van der Waals surface area contributed by atoms with Gasteiger partial charge in [0.2, 0.25) is 11.0 Å². The molecule has 4 aromatic carbocycles. The summed E-state index contributed by atoms with van der Waals surface area (Å²) in [5.74, 6) is 0.733. The van der Waals surface area contributed by atoms with Gasteiger partial charge in [-0.2, -0.15) is 0 Å². The molecule has 0 radical (unpaired) electrons. The van der Waals surface area contributed by atoms with Gasteiger partial charge in [0.15, 0.2) is 0 Å². The Bertz CT molecular complexity index is 1990. The van der Waals surface area contributed by atoms with Crippen LogP contribution < -0.4 is 13.8 Å². The first-order chi connectivity index (χ1) is 22.2. The number of fused-ring (bicyclic) bond motifs is 1. The third-order valence-electron chi connectivity index (χ3n) is 8.07. The van der Waals surface area contributed by atoms with Crippen molar-refractivity contribution in [1.82, 2.24) is 15.1 Å². The van der Waals surface area contributed by atoms with Crippen LogP contribution in [0.4, 0.5) is 9.52 Å². The van der Waals surface area contributed by atoms with Crippen molar-refractivity contribution in [2.75, 3.05) is 25.1 Å². The fourth-order valence-corrected chi connectivity index (χ4v) is 8.01. The number of ether oxygens (including phenoxy) is 2. The fraction of sp³-hybridized carbons (Fsp3) is 0.206. The van der Waals surface area contributed by atoms with Crippen LogP contribution in [0.2, 0.25) is 0 Å². The predicted molar refractivity (Wildman–Crippen MR) is 174 cm³/mol. The molecule has 1 unspecified atom stereocenters. The summed E-state index contributed by atoms with van der Waals surface area (Å²) in [6, 6.07) is 23.6. The van der Waals surface area contributed by atoms with E-state index in [4.69, 9.17) is 9.47 Å². The zero-order chi connectivity index (χ0) is 32.4. The zero-order valence-electron chi connectivity index (χ0n) is 25.4. The van der Waals surface area contributed by atoms with Crippen molar-refractivity contribution in [2.24, 2.45) is 0 Å². The van der Waals surface area contributed by atoms with Crippen LogP contribution in [-0.4, -0.2) is 50.2 Å². The second-order valence-electron chi connectivity index (χ2n) is 10.8. The lowest BCUT2D eigenvalue weighted by Gasteiger charge is -2.38. The number of anilines is 1. The van der Waals surface area contributed by atoms with E-state index in [1.165, 1.54) is 28.9 Å². The fourth-order valence-electron chi connectivity index (χ4n) is 5.78. The molecule has 1 atom stereocenters. The number of nitrogens with zero attached hydrogens (tertiary/aromatic N) is 4. The van der Waals surface area contributed by atoms with Gasteiger partial charge < -0.3 is 14.4 Å². The number of carbonyl (C=O) groups is 1. The Morgan fingerprint density at radius 3 is 2.41 bits per heavy atom. The highest BCUT2D eigenvalue weighted by atomic mass is 32.2. The van der Waals surface area contributed by atoms with Gasteiger partial charge in [-0.1, -0.05) is 53.8 Å². The van der Waals surface area contributed by atoms with Crippen LogP contribution >= 0.6 is 11.3 Å². The van der Waals surface area contributed by atoms with Crippen molar-refractivity contribution < 1.29 is 27.1 Å². The van der Waals surface area contributed by atoms with Crippen molar-refractivity contribution in [2.45, 2.75) is 30.8 Å². The Hall–Kier alpha value is -4.81. The lowest BCUT2D eigenvalue weighted by Crippen LogP contribution is -2.39. The molecule has 1 aliphatic rings. The lowest BCUT2D eigenvalue weighted by atomic mass is 9.87. The summed E-state index contributed by atoms with van der Waals surface area (Å²) >= 11 is 1.13. The topological polar surface area (TPSA) is 102 Å². The molecule has 46 heavy (non-hydrogen) atoms. The summed E-state index contributed by atoms with van der Waals surface area (Å²) in [7, 11) is -0.939. The molecule has 5 aromatic rings. The number of methoxy groups -OCH3 is 2. The second-order valence-corrected chi connectivity index (χ2v) is 13.4. The molecule has 0 spiro atoms. The van der Waals surface area contributed by atoms with E-state index in [-0.39, 0.29) is 28.3 Å². The van der Waals surface area contributed by atoms with Gasteiger partial charge in [0.05, 0.1) is 31.7 Å². The minimum absolute atomic E-state index is 0.0498. The highest BCUT2D eigenvalue weighted by molar-refractivity contribution is 7.93. The number of hydrogen-bond acceptors (Lipinski definition) is 8. The molecule has 0 fully saturated rings. The molecular formula is C34H31FN4O5S2. The first-order valence-electron chi connectivity index (χ1n) is 14.5. The Kier molecular flexibility index (Phi) is 8.74.